The highest BCUT2D eigenvalue weighted by Gasteiger charge is 2.15. The molecule has 0 aliphatic carbocycles. The van der Waals surface area contributed by atoms with Gasteiger partial charge in [0, 0.05) is 24.3 Å². The summed E-state index contributed by atoms with van der Waals surface area (Å²) in [5.74, 6) is 0.503. The van der Waals surface area contributed by atoms with Gasteiger partial charge in [-0.15, -0.1) is 0 Å². The Morgan fingerprint density at radius 3 is 3.22 bits per heavy atom. The maximum atomic E-state index is 12.3. The second-order valence-corrected chi connectivity index (χ2v) is 4.81. The molecule has 0 bridgehead atoms. The number of piperidine rings is 1. The van der Waals surface area contributed by atoms with Crippen LogP contribution < -0.4 is 10.9 Å². The van der Waals surface area contributed by atoms with Crippen LogP contribution in [0.5, 0.6) is 0 Å². The Balaban J connectivity index is 1.92. The van der Waals surface area contributed by atoms with Crippen molar-refractivity contribution in [3.63, 3.8) is 0 Å². The van der Waals surface area contributed by atoms with Gasteiger partial charge in [0.1, 0.15) is 0 Å². The molecule has 3 rings (SSSR count). The molecule has 0 amide bonds. The largest absolute Gasteiger partial charge is 0.316 e. The van der Waals surface area contributed by atoms with Gasteiger partial charge in [0.25, 0.3) is 5.56 Å². The Morgan fingerprint density at radius 1 is 1.44 bits per heavy atom. The molecular weight excluding hydrogens is 228 g/mol. The lowest BCUT2D eigenvalue weighted by atomic mass is 10.00. The van der Waals surface area contributed by atoms with Crippen molar-refractivity contribution in [1.82, 2.24) is 20.1 Å². The highest BCUT2D eigenvalue weighted by atomic mass is 16.1. The average Bonchev–Trinajstić information content (AvgIpc) is 2.43. The normalized spacial score (nSPS) is 20.1. The number of nitrogens with zero attached hydrogens (tertiary/aromatic N) is 3. The van der Waals surface area contributed by atoms with Crippen molar-refractivity contribution in [3.05, 3.63) is 35.0 Å². The maximum absolute atomic E-state index is 12.3. The van der Waals surface area contributed by atoms with Gasteiger partial charge in [-0.25, -0.2) is 4.68 Å². The molecule has 5 nitrogen and oxygen atoms in total. The minimum Gasteiger partial charge on any atom is -0.316 e. The molecule has 5 heteroatoms. The Bertz CT molecular complexity index is 601. The number of fused-ring (bicyclic) bond motifs is 1. The first kappa shape index (κ1) is 11.3. The molecule has 18 heavy (non-hydrogen) atoms. The molecule has 2 aromatic heterocycles. The fraction of sp³-hybridized carbons (Fsp3) is 0.462. The zero-order chi connectivity index (χ0) is 12.4. The molecule has 0 unspecified atom stereocenters. The monoisotopic (exact) mass is 244 g/mol. The fourth-order valence-electron chi connectivity index (χ4n) is 2.48. The summed E-state index contributed by atoms with van der Waals surface area (Å²) in [6.07, 6.45) is 7.39. The topological polar surface area (TPSA) is 59.8 Å². The quantitative estimate of drug-likeness (QED) is 0.848. The van der Waals surface area contributed by atoms with Gasteiger partial charge in [0.2, 0.25) is 0 Å². The van der Waals surface area contributed by atoms with Crippen molar-refractivity contribution in [3.8, 4) is 0 Å². The summed E-state index contributed by atoms with van der Waals surface area (Å²) in [5, 5.41) is 9.10. The summed E-state index contributed by atoms with van der Waals surface area (Å²) in [4.78, 5) is 16.3. The van der Waals surface area contributed by atoms with Gasteiger partial charge < -0.3 is 5.32 Å². The smallest absolute Gasteiger partial charge is 0.274 e. The second-order valence-electron chi connectivity index (χ2n) is 4.81. The van der Waals surface area contributed by atoms with Crippen LogP contribution in [0.4, 0.5) is 0 Å². The molecule has 2 aromatic rings. The number of hydrogen-bond donors (Lipinski definition) is 1. The summed E-state index contributed by atoms with van der Waals surface area (Å²) < 4.78 is 1.58. The number of rotatable bonds is 2. The minimum atomic E-state index is -0.0135. The zero-order valence-corrected chi connectivity index (χ0v) is 10.2. The van der Waals surface area contributed by atoms with Crippen LogP contribution in [-0.4, -0.2) is 27.9 Å². The molecule has 1 fully saturated rings. The van der Waals surface area contributed by atoms with Gasteiger partial charge in [-0.1, -0.05) is 0 Å². The van der Waals surface area contributed by atoms with E-state index < -0.39 is 0 Å². The number of pyridine rings is 1. The van der Waals surface area contributed by atoms with Crippen LogP contribution in [0.15, 0.2) is 29.5 Å². The maximum Gasteiger partial charge on any atom is 0.274 e. The number of aromatic nitrogens is 3. The fourth-order valence-corrected chi connectivity index (χ4v) is 2.48. The second kappa shape index (κ2) is 4.86. The van der Waals surface area contributed by atoms with Gasteiger partial charge in [-0.3, -0.25) is 9.78 Å². The van der Waals surface area contributed by atoms with Crippen LogP contribution in [0.3, 0.4) is 0 Å². The van der Waals surface area contributed by atoms with Gasteiger partial charge in [-0.2, -0.15) is 5.10 Å². The third kappa shape index (κ3) is 2.13. The summed E-state index contributed by atoms with van der Waals surface area (Å²) in [5.41, 5.74) is -0.0135. The first-order valence-electron chi connectivity index (χ1n) is 6.35. The van der Waals surface area contributed by atoms with E-state index in [1.165, 1.54) is 6.42 Å². The van der Waals surface area contributed by atoms with Crippen LogP contribution in [0.1, 0.15) is 12.8 Å². The van der Waals surface area contributed by atoms with E-state index in [-0.39, 0.29) is 5.56 Å². The molecule has 0 radical (unpaired) electrons. The predicted octanol–water partition coefficient (Wildman–Crippen LogP) is 0.791. The van der Waals surface area contributed by atoms with E-state index >= 15 is 0 Å². The first-order valence-corrected chi connectivity index (χ1v) is 6.35. The van der Waals surface area contributed by atoms with E-state index in [2.05, 4.69) is 15.4 Å². The van der Waals surface area contributed by atoms with Crippen molar-refractivity contribution in [2.75, 3.05) is 13.1 Å². The molecule has 94 valence electrons. The van der Waals surface area contributed by atoms with Crippen LogP contribution in [0, 0.1) is 5.92 Å². The van der Waals surface area contributed by atoms with E-state index in [0.29, 0.717) is 17.8 Å². The van der Waals surface area contributed by atoms with Crippen LogP contribution >= 0.6 is 0 Å². The van der Waals surface area contributed by atoms with Gasteiger partial charge in [0.05, 0.1) is 11.6 Å². The number of hydrogen-bond acceptors (Lipinski definition) is 4. The summed E-state index contributed by atoms with van der Waals surface area (Å²) >= 11 is 0. The van der Waals surface area contributed by atoms with E-state index in [1.54, 1.807) is 29.3 Å². The molecule has 1 saturated heterocycles. The van der Waals surface area contributed by atoms with E-state index in [1.807, 2.05) is 0 Å². The lowest BCUT2D eigenvalue weighted by Gasteiger charge is -2.22. The molecular formula is C13H16N4O. The molecule has 0 aromatic carbocycles. The molecule has 0 saturated carbocycles. The molecule has 3 heterocycles. The Hall–Kier alpha value is -1.75. The summed E-state index contributed by atoms with van der Waals surface area (Å²) in [6, 6.07) is 1.76. The molecule has 1 aliphatic rings. The highest BCUT2D eigenvalue weighted by molar-refractivity contribution is 5.79. The van der Waals surface area contributed by atoms with Gasteiger partial charge in [0.15, 0.2) is 0 Å². The van der Waals surface area contributed by atoms with Gasteiger partial charge >= 0.3 is 0 Å². The predicted molar refractivity (Wildman–Crippen MR) is 69.4 cm³/mol. The first-order chi connectivity index (χ1) is 8.84. The standard InChI is InChI=1S/C13H16N4O/c18-13-12-3-5-15-7-11(12)8-16-17(13)9-10-2-1-4-14-6-10/h3,5,7-8,10,14H,1-2,4,6,9H2/t10-/m1/s1. The average molecular weight is 244 g/mol. The van der Waals surface area contributed by atoms with Gasteiger partial charge in [-0.05, 0) is 37.9 Å². The molecule has 1 aliphatic heterocycles. The van der Waals surface area contributed by atoms with E-state index in [4.69, 9.17) is 0 Å². The van der Waals surface area contributed by atoms with Crippen molar-refractivity contribution >= 4 is 10.8 Å². The summed E-state index contributed by atoms with van der Waals surface area (Å²) in [7, 11) is 0. The lowest BCUT2D eigenvalue weighted by Crippen LogP contribution is -2.35. The Kier molecular flexibility index (Phi) is 3.06. The Morgan fingerprint density at radius 2 is 2.39 bits per heavy atom. The minimum absolute atomic E-state index is 0.0135. The summed E-state index contributed by atoms with van der Waals surface area (Å²) in [6.45, 7) is 2.76. The third-order valence-electron chi connectivity index (χ3n) is 3.48. The van der Waals surface area contributed by atoms with Crippen LogP contribution in [0.25, 0.3) is 10.8 Å². The van der Waals surface area contributed by atoms with Crippen LogP contribution in [-0.2, 0) is 6.54 Å². The zero-order valence-electron chi connectivity index (χ0n) is 10.2. The van der Waals surface area contributed by atoms with E-state index in [0.717, 1.165) is 24.9 Å². The number of nitrogens with one attached hydrogen (secondary N) is 1. The third-order valence-corrected chi connectivity index (χ3v) is 3.48. The van der Waals surface area contributed by atoms with Crippen molar-refractivity contribution < 1.29 is 0 Å². The lowest BCUT2D eigenvalue weighted by molar-refractivity contribution is 0.320. The Labute approximate surface area is 105 Å². The SMILES string of the molecule is O=c1c2ccncc2cnn1C[C@@H]1CCCNC1. The van der Waals surface area contributed by atoms with Crippen molar-refractivity contribution in [2.45, 2.75) is 19.4 Å². The highest BCUT2D eigenvalue weighted by Crippen LogP contribution is 2.12. The molecule has 1 atom stereocenters. The van der Waals surface area contributed by atoms with Crippen LogP contribution in [0.2, 0.25) is 0 Å². The van der Waals surface area contributed by atoms with Crippen molar-refractivity contribution in [1.29, 1.82) is 0 Å². The molecule has 1 N–H and O–H groups in total. The molecule has 0 spiro atoms. The van der Waals surface area contributed by atoms with E-state index in [9.17, 15) is 4.79 Å². The van der Waals surface area contributed by atoms with Crippen molar-refractivity contribution in [2.24, 2.45) is 5.92 Å².